The third-order valence-electron chi connectivity index (χ3n) is 5.43. The third kappa shape index (κ3) is 5.70. The van der Waals surface area contributed by atoms with Crippen molar-refractivity contribution in [3.63, 3.8) is 0 Å². The summed E-state index contributed by atoms with van der Waals surface area (Å²) in [6.45, 7) is 0.463. The van der Waals surface area contributed by atoms with Crippen molar-refractivity contribution in [2.45, 2.75) is 12.8 Å². The molecular formula is C22H24N3O7S2+. The van der Waals surface area contributed by atoms with Crippen LogP contribution >= 0.6 is 0 Å². The highest BCUT2D eigenvalue weighted by Gasteiger charge is 2.17. The Hall–Kier alpha value is -3.06. The molecule has 0 radical (unpaired) electrons. The number of rotatable bonds is 8. The van der Waals surface area contributed by atoms with Crippen LogP contribution in [0.4, 0.5) is 5.69 Å². The van der Waals surface area contributed by atoms with Gasteiger partial charge < -0.3 is 10.2 Å². The average molecular weight is 507 g/mol. The molecule has 1 heterocycles. The predicted octanol–water partition coefficient (Wildman–Crippen LogP) is 2.00. The van der Waals surface area contributed by atoms with Crippen molar-refractivity contribution in [3.05, 3.63) is 53.9 Å². The van der Waals surface area contributed by atoms with Crippen molar-refractivity contribution in [1.82, 2.24) is 9.56 Å². The van der Waals surface area contributed by atoms with Crippen LogP contribution in [-0.2, 0) is 20.2 Å². The van der Waals surface area contributed by atoms with Gasteiger partial charge in [0.1, 0.15) is 24.3 Å². The van der Waals surface area contributed by atoms with E-state index in [1.165, 1.54) is 0 Å². The SMILES string of the molecule is Nc1cc2oc3cc(=[N+](CCCS(=O)(=O)O)CCCS(=O)(=O)O)ccc-3nc2c2ccccc12. The van der Waals surface area contributed by atoms with E-state index in [9.17, 15) is 16.8 Å². The number of nitrogens with two attached hydrogens (primary N) is 1. The fourth-order valence-electron chi connectivity index (χ4n) is 3.91. The number of nitrogen functional groups attached to an aromatic ring is 1. The van der Waals surface area contributed by atoms with E-state index >= 15 is 0 Å². The van der Waals surface area contributed by atoms with Gasteiger partial charge in [0.2, 0.25) is 5.36 Å². The Morgan fingerprint density at radius 2 is 1.50 bits per heavy atom. The Labute approximate surface area is 196 Å². The minimum absolute atomic E-state index is 0.123. The molecule has 1 aliphatic heterocycles. The molecule has 10 nitrogen and oxygen atoms in total. The quantitative estimate of drug-likeness (QED) is 0.107. The van der Waals surface area contributed by atoms with E-state index < -0.39 is 31.7 Å². The van der Waals surface area contributed by atoms with E-state index in [1.54, 1.807) is 28.8 Å². The Morgan fingerprint density at radius 3 is 2.12 bits per heavy atom. The summed E-state index contributed by atoms with van der Waals surface area (Å²) < 4.78 is 70.4. The van der Waals surface area contributed by atoms with Gasteiger partial charge in [0, 0.05) is 41.4 Å². The molecule has 0 bridgehead atoms. The highest BCUT2D eigenvalue weighted by atomic mass is 32.2. The summed E-state index contributed by atoms with van der Waals surface area (Å²) >= 11 is 0. The Bertz CT molecular complexity index is 1590. The van der Waals surface area contributed by atoms with E-state index in [1.807, 2.05) is 24.3 Å². The lowest BCUT2D eigenvalue weighted by Gasteiger charge is -2.10. The van der Waals surface area contributed by atoms with Crippen molar-refractivity contribution >= 4 is 47.8 Å². The molecule has 0 saturated carbocycles. The van der Waals surface area contributed by atoms with Crippen LogP contribution in [0.2, 0.25) is 0 Å². The molecule has 0 aromatic heterocycles. The van der Waals surface area contributed by atoms with Crippen LogP contribution in [0.5, 0.6) is 0 Å². The van der Waals surface area contributed by atoms with Gasteiger partial charge in [0.25, 0.3) is 20.2 Å². The summed E-state index contributed by atoms with van der Waals surface area (Å²) in [7, 11) is -8.26. The first-order chi connectivity index (χ1) is 16.0. The van der Waals surface area contributed by atoms with E-state index in [2.05, 4.69) is 0 Å². The molecule has 0 unspecified atom stereocenters. The van der Waals surface area contributed by atoms with Gasteiger partial charge in [0.15, 0.2) is 11.3 Å². The van der Waals surface area contributed by atoms with Gasteiger partial charge in [-0.3, -0.25) is 9.11 Å². The van der Waals surface area contributed by atoms with Crippen LogP contribution in [0.25, 0.3) is 33.3 Å². The van der Waals surface area contributed by atoms with Crippen molar-refractivity contribution in [1.29, 1.82) is 0 Å². The maximum absolute atomic E-state index is 11.1. The normalized spacial score (nSPS) is 12.5. The van der Waals surface area contributed by atoms with Crippen LogP contribution < -0.4 is 15.7 Å². The zero-order chi connectivity index (χ0) is 24.5. The Morgan fingerprint density at radius 1 is 0.882 bits per heavy atom. The molecule has 180 valence electrons. The second kappa shape index (κ2) is 9.29. The van der Waals surface area contributed by atoms with Gasteiger partial charge in [-0.15, -0.1) is 0 Å². The molecule has 0 atom stereocenters. The highest BCUT2D eigenvalue weighted by Crippen LogP contribution is 2.32. The van der Waals surface area contributed by atoms with Gasteiger partial charge in [-0.2, -0.15) is 16.8 Å². The van der Waals surface area contributed by atoms with E-state index in [0.29, 0.717) is 33.6 Å². The summed E-state index contributed by atoms with van der Waals surface area (Å²) in [6.07, 6.45) is 0.247. The molecule has 0 spiro atoms. The predicted molar refractivity (Wildman–Crippen MR) is 130 cm³/mol. The molecular weight excluding hydrogens is 482 g/mol. The summed E-state index contributed by atoms with van der Waals surface area (Å²) in [5, 5.41) is 2.39. The summed E-state index contributed by atoms with van der Waals surface area (Å²) in [5.74, 6) is -0.398. The van der Waals surface area contributed by atoms with Crippen molar-refractivity contribution in [2.24, 2.45) is 0 Å². The molecule has 2 aliphatic rings. The molecule has 4 rings (SSSR count). The topological polar surface area (TPSA) is 164 Å². The molecule has 0 fully saturated rings. The van der Waals surface area contributed by atoms with Gasteiger partial charge >= 0.3 is 0 Å². The van der Waals surface area contributed by atoms with Crippen LogP contribution in [-0.4, -0.2) is 55.5 Å². The maximum atomic E-state index is 11.1. The van der Waals surface area contributed by atoms with E-state index in [0.717, 1.165) is 10.8 Å². The summed E-state index contributed by atoms with van der Waals surface area (Å²) in [6, 6.07) is 14.6. The largest absolute Gasteiger partial charge is 0.452 e. The number of aromatic nitrogens is 1. The van der Waals surface area contributed by atoms with Gasteiger partial charge in [-0.05, 0) is 6.07 Å². The van der Waals surface area contributed by atoms with Crippen LogP contribution in [0.3, 0.4) is 0 Å². The second-order valence-corrected chi connectivity index (χ2v) is 11.1. The van der Waals surface area contributed by atoms with Crippen molar-refractivity contribution in [2.75, 3.05) is 30.3 Å². The summed E-state index contributed by atoms with van der Waals surface area (Å²) in [5.41, 5.74) is 8.52. The molecule has 0 amide bonds. The maximum Gasteiger partial charge on any atom is 0.265 e. The van der Waals surface area contributed by atoms with E-state index in [4.69, 9.17) is 24.2 Å². The number of hydrogen-bond acceptors (Lipinski definition) is 7. The fraction of sp³-hybridized carbons (Fsp3) is 0.273. The van der Waals surface area contributed by atoms with Crippen LogP contribution in [0, 0.1) is 0 Å². The lowest BCUT2D eigenvalue weighted by atomic mass is 10.1. The van der Waals surface area contributed by atoms with Crippen LogP contribution in [0.1, 0.15) is 12.8 Å². The number of hydrogen-bond donors (Lipinski definition) is 3. The molecule has 0 saturated heterocycles. The minimum Gasteiger partial charge on any atom is -0.452 e. The first-order valence-electron chi connectivity index (χ1n) is 10.5. The minimum atomic E-state index is -4.13. The average Bonchev–Trinajstić information content (AvgIpc) is 2.75. The fourth-order valence-corrected chi connectivity index (χ4v) is 4.90. The van der Waals surface area contributed by atoms with Gasteiger partial charge in [-0.1, -0.05) is 24.3 Å². The second-order valence-electron chi connectivity index (χ2n) is 7.99. The van der Waals surface area contributed by atoms with Crippen LogP contribution in [0.15, 0.2) is 52.9 Å². The zero-order valence-electron chi connectivity index (χ0n) is 18.1. The molecule has 2 aromatic rings. The number of fused-ring (bicyclic) bond motifs is 4. The Balaban J connectivity index is 1.80. The first-order valence-corrected chi connectivity index (χ1v) is 13.7. The zero-order valence-corrected chi connectivity index (χ0v) is 19.7. The molecule has 1 aliphatic carbocycles. The van der Waals surface area contributed by atoms with Gasteiger partial charge in [-0.25, -0.2) is 9.56 Å². The number of anilines is 1. The standard InChI is InChI=1S/C22H23N3O7S2/c23-18-14-21-22(17-6-2-1-5-16(17)18)24-19-8-7-15(13-20(19)32-21)25(9-3-11-33(26,27)28)10-4-12-34(29,30)31/h1-2,5-8,13-14,23H,3-4,9-12H2,(H2,26,27,28,29,30,31)/p+1. The smallest absolute Gasteiger partial charge is 0.265 e. The van der Waals surface area contributed by atoms with Gasteiger partial charge in [0.05, 0.1) is 17.6 Å². The third-order valence-corrected chi connectivity index (χ3v) is 7.04. The highest BCUT2D eigenvalue weighted by molar-refractivity contribution is 7.86. The van der Waals surface area contributed by atoms with Crippen molar-refractivity contribution < 1.29 is 30.4 Å². The Kier molecular flexibility index (Phi) is 6.58. The number of benzene rings is 3. The number of nitrogens with zero attached hydrogens (tertiary/aromatic N) is 2. The summed E-state index contributed by atoms with van der Waals surface area (Å²) in [4.78, 5) is 4.74. The van der Waals surface area contributed by atoms with Crippen molar-refractivity contribution in [3.8, 4) is 11.5 Å². The first kappa shape index (κ1) is 24.1. The lowest BCUT2D eigenvalue weighted by molar-refractivity contribution is 0.472. The lowest BCUT2D eigenvalue weighted by Crippen LogP contribution is -2.33. The molecule has 4 N–H and O–H groups in total. The van der Waals surface area contributed by atoms with E-state index in [-0.39, 0.29) is 25.9 Å². The molecule has 2 aromatic carbocycles. The molecule has 12 heteroatoms. The molecule has 34 heavy (non-hydrogen) atoms. The monoisotopic (exact) mass is 506 g/mol.